The Hall–Kier alpha value is -2.21. The molecule has 0 unspecified atom stereocenters. The van der Waals surface area contributed by atoms with Crippen LogP contribution >= 0.6 is 0 Å². The van der Waals surface area contributed by atoms with E-state index in [0.29, 0.717) is 11.5 Å². The highest BCUT2D eigenvalue weighted by atomic mass is 19.1. The molecule has 0 radical (unpaired) electrons. The van der Waals surface area contributed by atoms with Crippen LogP contribution in [0.5, 0.6) is 0 Å². The summed E-state index contributed by atoms with van der Waals surface area (Å²) in [4.78, 5) is 12.3. The molecule has 1 aromatic heterocycles. The highest BCUT2D eigenvalue weighted by molar-refractivity contribution is 5.94. The van der Waals surface area contributed by atoms with Crippen LogP contribution in [-0.4, -0.2) is 20.8 Å². The van der Waals surface area contributed by atoms with Crippen molar-refractivity contribution in [3.8, 4) is 0 Å². The van der Waals surface area contributed by atoms with Crippen LogP contribution in [0.25, 0.3) is 0 Å². The van der Waals surface area contributed by atoms with E-state index >= 15 is 0 Å². The maximum atomic E-state index is 13.4. The first-order valence-corrected chi connectivity index (χ1v) is 8.11. The lowest BCUT2D eigenvalue weighted by atomic mass is 10.1. The fraction of sp³-hybridized carbons (Fsp3) is 0.444. The smallest absolute Gasteiger partial charge is 0.255 e. The molecular weight excluding hydrogens is 309 g/mol. The third-order valence-electron chi connectivity index (χ3n) is 4.00. The van der Waals surface area contributed by atoms with Gasteiger partial charge >= 0.3 is 0 Å². The van der Waals surface area contributed by atoms with Gasteiger partial charge in [-0.1, -0.05) is 19.9 Å². The number of amides is 1. The molecule has 0 atom stereocenters. The first kappa shape index (κ1) is 18.1. The van der Waals surface area contributed by atoms with Crippen molar-refractivity contribution in [1.82, 2.24) is 15.1 Å². The molecule has 0 aliphatic carbocycles. The van der Waals surface area contributed by atoms with Crippen LogP contribution < -0.4 is 5.32 Å². The lowest BCUT2D eigenvalue weighted by Crippen LogP contribution is -2.23. The zero-order valence-electron chi connectivity index (χ0n) is 14.3. The summed E-state index contributed by atoms with van der Waals surface area (Å²) < 4.78 is 15.2. The number of aliphatic hydroxyl groups is 1. The van der Waals surface area contributed by atoms with Crippen molar-refractivity contribution in [2.45, 2.75) is 46.9 Å². The van der Waals surface area contributed by atoms with Crippen molar-refractivity contribution < 1.29 is 14.3 Å². The van der Waals surface area contributed by atoms with Gasteiger partial charge in [0.05, 0.1) is 18.4 Å². The Bertz CT molecular complexity index is 710. The van der Waals surface area contributed by atoms with E-state index in [9.17, 15) is 9.18 Å². The van der Waals surface area contributed by atoms with Gasteiger partial charge in [0, 0.05) is 24.3 Å². The van der Waals surface area contributed by atoms with Crippen LogP contribution in [0.3, 0.4) is 0 Å². The number of carbonyl (C=O) groups is 1. The number of benzene rings is 1. The molecule has 0 saturated heterocycles. The van der Waals surface area contributed by atoms with Crippen LogP contribution in [-0.2, 0) is 19.7 Å². The topological polar surface area (TPSA) is 67.2 Å². The van der Waals surface area contributed by atoms with Gasteiger partial charge in [0.25, 0.3) is 5.91 Å². The number of aliphatic hydroxyl groups excluding tert-OH is 1. The highest BCUT2D eigenvalue weighted by Gasteiger charge is 2.14. The van der Waals surface area contributed by atoms with E-state index in [1.165, 1.54) is 6.07 Å². The largest absolute Gasteiger partial charge is 0.392 e. The van der Waals surface area contributed by atoms with Gasteiger partial charge in [-0.3, -0.25) is 9.48 Å². The van der Waals surface area contributed by atoms with E-state index in [2.05, 4.69) is 24.3 Å². The van der Waals surface area contributed by atoms with Crippen molar-refractivity contribution >= 4 is 5.91 Å². The predicted octanol–water partition coefficient (Wildman–Crippen LogP) is 2.80. The van der Waals surface area contributed by atoms with E-state index in [-0.39, 0.29) is 24.6 Å². The van der Waals surface area contributed by atoms with E-state index < -0.39 is 5.82 Å². The predicted molar refractivity (Wildman–Crippen MR) is 89.9 cm³/mol. The van der Waals surface area contributed by atoms with E-state index in [1.54, 1.807) is 18.3 Å². The number of nitrogens with zero attached hydrogens (tertiary/aromatic N) is 2. The molecule has 0 aliphatic rings. The minimum atomic E-state index is -0.449. The Kier molecular flexibility index (Phi) is 6.09. The minimum Gasteiger partial charge on any atom is -0.392 e. The molecule has 2 rings (SSSR count). The van der Waals surface area contributed by atoms with Gasteiger partial charge in [-0.2, -0.15) is 5.10 Å². The Morgan fingerprint density at radius 1 is 1.42 bits per heavy atom. The Morgan fingerprint density at radius 2 is 2.17 bits per heavy atom. The van der Waals surface area contributed by atoms with Crippen LogP contribution in [0.2, 0.25) is 0 Å². The molecule has 1 heterocycles. The maximum absolute atomic E-state index is 13.4. The summed E-state index contributed by atoms with van der Waals surface area (Å²) in [6.07, 6.45) is 2.58. The SMILES string of the molecule is Cc1c(C(=O)NCc2ccc(F)c(CO)c2)cnn1CCC(C)C. The molecule has 130 valence electrons. The number of aryl methyl sites for hydroxylation is 1. The molecule has 6 heteroatoms. The number of aromatic nitrogens is 2. The van der Waals surface area contributed by atoms with Gasteiger partial charge in [-0.05, 0) is 37.0 Å². The molecule has 0 saturated carbocycles. The van der Waals surface area contributed by atoms with E-state index in [0.717, 1.165) is 24.2 Å². The summed E-state index contributed by atoms with van der Waals surface area (Å²) in [5.41, 5.74) is 2.34. The second kappa shape index (κ2) is 8.06. The first-order chi connectivity index (χ1) is 11.4. The van der Waals surface area contributed by atoms with Crippen molar-refractivity contribution in [2.24, 2.45) is 5.92 Å². The molecule has 0 aliphatic heterocycles. The van der Waals surface area contributed by atoms with Crippen molar-refractivity contribution in [1.29, 1.82) is 0 Å². The molecule has 0 spiro atoms. The molecule has 24 heavy (non-hydrogen) atoms. The number of nitrogens with one attached hydrogen (secondary N) is 1. The van der Waals surface area contributed by atoms with Gasteiger partial charge < -0.3 is 10.4 Å². The van der Waals surface area contributed by atoms with Crippen LogP contribution in [0, 0.1) is 18.7 Å². The standard InChI is InChI=1S/C18H24FN3O2/c1-12(2)6-7-22-13(3)16(10-21-22)18(24)20-9-14-4-5-17(19)15(8-14)11-23/h4-5,8,10,12,23H,6-7,9,11H2,1-3H3,(H,20,24). The van der Waals surface area contributed by atoms with Crippen molar-refractivity contribution in [3.05, 3.63) is 52.6 Å². The van der Waals surface area contributed by atoms with Gasteiger partial charge in [-0.25, -0.2) is 4.39 Å². The monoisotopic (exact) mass is 333 g/mol. The maximum Gasteiger partial charge on any atom is 0.255 e. The number of halogens is 1. The zero-order chi connectivity index (χ0) is 17.7. The molecule has 1 aromatic carbocycles. The minimum absolute atomic E-state index is 0.210. The second-order valence-electron chi connectivity index (χ2n) is 6.32. The number of hydrogen-bond acceptors (Lipinski definition) is 3. The zero-order valence-corrected chi connectivity index (χ0v) is 14.3. The fourth-order valence-corrected chi connectivity index (χ4v) is 2.41. The van der Waals surface area contributed by atoms with Crippen molar-refractivity contribution in [3.63, 3.8) is 0 Å². The molecule has 2 N–H and O–H groups in total. The van der Waals surface area contributed by atoms with Gasteiger partial charge in [0.2, 0.25) is 0 Å². The molecular formula is C18H24FN3O2. The molecule has 1 amide bonds. The van der Waals surface area contributed by atoms with E-state index in [1.807, 2.05) is 11.6 Å². The summed E-state index contributed by atoms with van der Waals surface area (Å²) in [5, 5.41) is 16.2. The number of rotatable bonds is 7. The summed E-state index contributed by atoms with van der Waals surface area (Å²) >= 11 is 0. The van der Waals surface area contributed by atoms with Crippen LogP contribution in [0.1, 0.15) is 47.4 Å². The average molecular weight is 333 g/mol. The Labute approximate surface area is 141 Å². The summed E-state index contributed by atoms with van der Waals surface area (Å²) in [6.45, 7) is 6.86. The summed E-state index contributed by atoms with van der Waals surface area (Å²) in [7, 11) is 0. The summed E-state index contributed by atoms with van der Waals surface area (Å²) in [6, 6.07) is 4.43. The molecule has 0 fully saturated rings. The van der Waals surface area contributed by atoms with Gasteiger partial charge in [0.1, 0.15) is 5.82 Å². The Morgan fingerprint density at radius 3 is 2.83 bits per heavy atom. The molecule has 0 bridgehead atoms. The molecule has 5 nitrogen and oxygen atoms in total. The normalized spacial score (nSPS) is 11.1. The summed E-state index contributed by atoms with van der Waals surface area (Å²) in [5.74, 6) is -0.0851. The molecule has 2 aromatic rings. The van der Waals surface area contributed by atoms with Crippen molar-refractivity contribution in [2.75, 3.05) is 0 Å². The number of hydrogen-bond donors (Lipinski definition) is 2. The lowest BCUT2D eigenvalue weighted by Gasteiger charge is -2.09. The average Bonchev–Trinajstić information content (AvgIpc) is 2.92. The first-order valence-electron chi connectivity index (χ1n) is 8.11. The lowest BCUT2D eigenvalue weighted by molar-refractivity contribution is 0.0950. The second-order valence-corrected chi connectivity index (χ2v) is 6.32. The van der Waals surface area contributed by atoms with Crippen LogP contribution in [0.4, 0.5) is 4.39 Å². The fourth-order valence-electron chi connectivity index (χ4n) is 2.41. The Balaban J connectivity index is 2.00. The third kappa shape index (κ3) is 4.41. The number of carbonyl (C=O) groups excluding carboxylic acids is 1. The van der Waals surface area contributed by atoms with E-state index in [4.69, 9.17) is 5.11 Å². The highest BCUT2D eigenvalue weighted by Crippen LogP contribution is 2.12. The van der Waals surface area contributed by atoms with Gasteiger partial charge in [-0.15, -0.1) is 0 Å². The van der Waals surface area contributed by atoms with Crippen LogP contribution in [0.15, 0.2) is 24.4 Å². The van der Waals surface area contributed by atoms with Gasteiger partial charge in [0.15, 0.2) is 0 Å². The third-order valence-corrected chi connectivity index (χ3v) is 4.00. The quantitative estimate of drug-likeness (QED) is 0.819.